The predicted octanol–water partition coefficient (Wildman–Crippen LogP) is 3.85. The van der Waals surface area contributed by atoms with Gasteiger partial charge in [0.15, 0.2) is 0 Å². The van der Waals surface area contributed by atoms with Crippen molar-refractivity contribution in [3.63, 3.8) is 0 Å². The number of para-hydroxylation sites is 1. The molecule has 0 radical (unpaired) electrons. The highest BCUT2D eigenvalue weighted by molar-refractivity contribution is 6.32. The van der Waals surface area contributed by atoms with Gasteiger partial charge in [0.2, 0.25) is 0 Å². The Morgan fingerprint density at radius 2 is 1.94 bits per heavy atom. The number of nitrogen functional groups attached to an aromatic ring is 1. The number of anilines is 1. The van der Waals surface area contributed by atoms with Gasteiger partial charge in [-0.3, -0.25) is 0 Å². The van der Waals surface area contributed by atoms with Gasteiger partial charge in [-0.05, 0) is 36.2 Å². The molecule has 0 aliphatic rings. The molecule has 2 rings (SSSR count). The van der Waals surface area contributed by atoms with Crippen molar-refractivity contribution in [1.29, 1.82) is 0 Å². The van der Waals surface area contributed by atoms with Gasteiger partial charge in [-0.1, -0.05) is 35.9 Å². The Hall–Kier alpha value is -1.67. The van der Waals surface area contributed by atoms with Gasteiger partial charge in [-0.2, -0.15) is 0 Å². The lowest BCUT2D eigenvalue weighted by atomic mass is 10.1. The van der Waals surface area contributed by atoms with Crippen molar-refractivity contribution in [2.75, 3.05) is 12.3 Å². The maximum absolute atomic E-state index is 6.09. The van der Waals surface area contributed by atoms with Crippen LogP contribution in [0.2, 0.25) is 5.02 Å². The Morgan fingerprint density at radius 3 is 2.67 bits per heavy atom. The SMILES string of the molecule is Cc1ccc(OCCc2ccccc2N)c(Cl)c1. The van der Waals surface area contributed by atoms with Crippen molar-refractivity contribution >= 4 is 17.3 Å². The van der Waals surface area contributed by atoms with Crippen LogP contribution in [0.25, 0.3) is 0 Å². The van der Waals surface area contributed by atoms with Crippen LogP contribution < -0.4 is 10.5 Å². The largest absolute Gasteiger partial charge is 0.492 e. The molecule has 2 N–H and O–H groups in total. The molecule has 2 aromatic rings. The van der Waals surface area contributed by atoms with Crippen LogP contribution in [0.15, 0.2) is 42.5 Å². The van der Waals surface area contributed by atoms with Crippen LogP contribution in [0.3, 0.4) is 0 Å². The minimum absolute atomic E-state index is 0.566. The quantitative estimate of drug-likeness (QED) is 0.849. The standard InChI is InChI=1S/C15H16ClNO/c1-11-6-7-15(13(16)10-11)18-9-8-12-4-2-3-5-14(12)17/h2-7,10H,8-9,17H2,1H3. The van der Waals surface area contributed by atoms with Gasteiger partial charge in [0.25, 0.3) is 0 Å². The van der Waals surface area contributed by atoms with Crippen molar-refractivity contribution in [2.24, 2.45) is 0 Å². The molecular formula is C15H16ClNO. The molecule has 94 valence electrons. The molecule has 0 aliphatic carbocycles. The summed E-state index contributed by atoms with van der Waals surface area (Å²) in [5.74, 6) is 0.719. The fraction of sp³-hybridized carbons (Fsp3) is 0.200. The van der Waals surface area contributed by atoms with E-state index in [9.17, 15) is 0 Å². The lowest BCUT2D eigenvalue weighted by molar-refractivity contribution is 0.322. The van der Waals surface area contributed by atoms with Crippen LogP contribution in [0.5, 0.6) is 5.75 Å². The van der Waals surface area contributed by atoms with Crippen LogP contribution in [0.4, 0.5) is 5.69 Å². The molecule has 0 unspecified atom stereocenters. The van der Waals surface area contributed by atoms with E-state index in [0.717, 1.165) is 29.0 Å². The normalized spacial score (nSPS) is 10.3. The Morgan fingerprint density at radius 1 is 1.17 bits per heavy atom. The molecule has 0 bridgehead atoms. The second-order valence-electron chi connectivity index (χ2n) is 4.23. The average molecular weight is 262 g/mol. The van der Waals surface area contributed by atoms with Crippen molar-refractivity contribution in [3.05, 3.63) is 58.6 Å². The van der Waals surface area contributed by atoms with E-state index in [1.165, 1.54) is 0 Å². The molecule has 0 atom stereocenters. The van der Waals surface area contributed by atoms with Crippen molar-refractivity contribution in [1.82, 2.24) is 0 Å². The number of rotatable bonds is 4. The Bertz CT molecular complexity index is 540. The van der Waals surface area contributed by atoms with Crippen molar-refractivity contribution in [2.45, 2.75) is 13.3 Å². The molecule has 0 saturated heterocycles. The summed E-state index contributed by atoms with van der Waals surface area (Å²) in [7, 11) is 0. The highest BCUT2D eigenvalue weighted by Crippen LogP contribution is 2.25. The van der Waals surface area contributed by atoms with Crippen LogP contribution in [-0.4, -0.2) is 6.61 Å². The fourth-order valence-electron chi connectivity index (χ4n) is 1.76. The molecule has 0 aromatic heterocycles. The minimum atomic E-state index is 0.566. The molecule has 2 aromatic carbocycles. The number of hydrogen-bond donors (Lipinski definition) is 1. The van der Waals surface area contributed by atoms with Gasteiger partial charge in [0.1, 0.15) is 5.75 Å². The first kappa shape index (κ1) is 12.8. The summed E-state index contributed by atoms with van der Waals surface area (Å²) in [6.07, 6.45) is 0.775. The van der Waals surface area contributed by atoms with Crippen molar-refractivity contribution < 1.29 is 4.74 Å². The zero-order valence-electron chi connectivity index (χ0n) is 10.3. The van der Waals surface area contributed by atoms with E-state index in [0.29, 0.717) is 11.6 Å². The van der Waals surface area contributed by atoms with Gasteiger partial charge < -0.3 is 10.5 Å². The second kappa shape index (κ2) is 5.78. The van der Waals surface area contributed by atoms with Gasteiger partial charge in [0, 0.05) is 12.1 Å². The van der Waals surface area contributed by atoms with E-state index < -0.39 is 0 Å². The van der Waals surface area contributed by atoms with Crippen LogP contribution in [0.1, 0.15) is 11.1 Å². The number of hydrogen-bond acceptors (Lipinski definition) is 2. The van der Waals surface area contributed by atoms with Gasteiger partial charge in [0.05, 0.1) is 11.6 Å². The number of ether oxygens (including phenoxy) is 1. The lowest BCUT2D eigenvalue weighted by Gasteiger charge is -2.09. The van der Waals surface area contributed by atoms with E-state index in [2.05, 4.69) is 0 Å². The molecule has 18 heavy (non-hydrogen) atoms. The van der Waals surface area contributed by atoms with E-state index >= 15 is 0 Å². The third kappa shape index (κ3) is 3.17. The van der Waals surface area contributed by atoms with E-state index in [-0.39, 0.29) is 0 Å². The number of aryl methyl sites for hydroxylation is 1. The molecular weight excluding hydrogens is 246 g/mol. The minimum Gasteiger partial charge on any atom is -0.492 e. The molecule has 0 saturated carbocycles. The monoisotopic (exact) mass is 261 g/mol. The Balaban J connectivity index is 1.95. The summed E-state index contributed by atoms with van der Waals surface area (Å²) in [6.45, 7) is 2.57. The second-order valence-corrected chi connectivity index (χ2v) is 4.64. The first-order chi connectivity index (χ1) is 8.66. The van der Waals surface area contributed by atoms with Crippen LogP contribution in [-0.2, 0) is 6.42 Å². The summed E-state index contributed by atoms with van der Waals surface area (Å²) in [6, 6.07) is 13.6. The molecule has 0 aliphatic heterocycles. The fourth-order valence-corrected chi connectivity index (χ4v) is 2.05. The zero-order chi connectivity index (χ0) is 13.0. The highest BCUT2D eigenvalue weighted by Gasteiger charge is 2.02. The van der Waals surface area contributed by atoms with Gasteiger partial charge in [-0.15, -0.1) is 0 Å². The lowest BCUT2D eigenvalue weighted by Crippen LogP contribution is -2.04. The number of nitrogens with two attached hydrogens (primary N) is 1. The number of halogens is 1. The maximum atomic E-state index is 6.09. The first-order valence-corrected chi connectivity index (χ1v) is 6.27. The first-order valence-electron chi connectivity index (χ1n) is 5.89. The summed E-state index contributed by atoms with van der Waals surface area (Å²) >= 11 is 6.09. The third-order valence-electron chi connectivity index (χ3n) is 2.77. The Labute approximate surface area is 112 Å². The van der Waals surface area contributed by atoms with E-state index in [1.54, 1.807) is 0 Å². The average Bonchev–Trinajstić information content (AvgIpc) is 2.34. The van der Waals surface area contributed by atoms with Crippen LogP contribution in [0, 0.1) is 6.92 Å². The van der Waals surface area contributed by atoms with Crippen LogP contribution >= 0.6 is 11.6 Å². The van der Waals surface area contributed by atoms with E-state index in [4.69, 9.17) is 22.1 Å². The third-order valence-corrected chi connectivity index (χ3v) is 3.07. The summed E-state index contributed by atoms with van der Waals surface area (Å²) in [5, 5.41) is 0.649. The zero-order valence-corrected chi connectivity index (χ0v) is 11.1. The number of benzene rings is 2. The summed E-state index contributed by atoms with van der Waals surface area (Å²) in [4.78, 5) is 0. The summed E-state index contributed by atoms with van der Waals surface area (Å²) in [5.41, 5.74) is 8.89. The maximum Gasteiger partial charge on any atom is 0.137 e. The molecule has 3 heteroatoms. The van der Waals surface area contributed by atoms with E-state index in [1.807, 2.05) is 49.4 Å². The smallest absolute Gasteiger partial charge is 0.137 e. The predicted molar refractivity (Wildman–Crippen MR) is 76.2 cm³/mol. The topological polar surface area (TPSA) is 35.2 Å². The Kier molecular flexibility index (Phi) is 4.11. The molecule has 0 spiro atoms. The molecule has 0 amide bonds. The van der Waals surface area contributed by atoms with Crippen molar-refractivity contribution in [3.8, 4) is 5.75 Å². The summed E-state index contributed by atoms with van der Waals surface area (Å²) < 4.78 is 5.66. The van der Waals surface area contributed by atoms with Gasteiger partial charge in [-0.25, -0.2) is 0 Å². The molecule has 0 fully saturated rings. The van der Waals surface area contributed by atoms with Gasteiger partial charge >= 0.3 is 0 Å². The molecule has 2 nitrogen and oxygen atoms in total. The molecule has 0 heterocycles. The highest BCUT2D eigenvalue weighted by atomic mass is 35.5.